The molecule has 136 valence electrons. The lowest BCUT2D eigenvalue weighted by atomic mass is 10.2. The molecule has 2 heterocycles. The molecule has 0 aliphatic rings. The Kier molecular flexibility index (Phi) is 6.05. The lowest BCUT2D eigenvalue weighted by molar-refractivity contribution is 0.102. The van der Waals surface area contributed by atoms with Crippen molar-refractivity contribution < 1.29 is 9.18 Å². The van der Waals surface area contributed by atoms with Crippen LogP contribution in [0, 0.1) is 12.7 Å². The Morgan fingerprint density at radius 2 is 1.92 bits per heavy atom. The standard InChI is InChI=1S/C18H19FN4OS2/c1-3-4-5-6-14-22-23-18(25-14)21-16(24)15-11(2)20-17(26-15)12-7-9-13(19)10-8-12/h7-10H,3-6H2,1-2H3,(H,21,23,24). The van der Waals surface area contributed by atoms with E-state index in [-0.39, 0.29) is 11.7 Å². The van der Waals surface area contributed by atoms with E-state index in [0.29, 0.717) is 20.7 Å². The largest absolute Gasteiger partial charge is 0.296 e. The molecule has 0 aliphatic carbocycles. The van der Waals surface area contributed by atoms with Gasteiger partial charge in [-0.2, -0.15) is 0 Å². The number of aryl methyl sites for hydroxylation is 2. The van der Waals surface area contributed by atoms with Crippen molar-refractivity contribution in [3.8, 4) is 10.6 Å². The first-order valence-corrected chi connectivity index (χ1v) is 10.1. The monoisotopic (exact) mass is 390 g/mol. The van der Waals surface area contributed by atoms with Crippen LogP contribution in [0.1, 0.15) is 46.6 Å². The Bertz CT molecular complexity index is 889. The zero-order valence-electron chi connectivity index (χ0n) is 14.6. The minimum Gasteiger partial charge on any atom is -0.296 e. The smallest absolute Gasteiger partial charge is 0.269 e. The average Bonchev–Trinajstić information content (AvgIpc) is 3.22. The van der Waals surface area contributed by atoms with Crippen molar-refractivity contribution in [2.75, 3.05) is 5.32 Å². The molecular formula is C18H19FN4OS2. The van der Waals surface area contributed by atoms with E-state index in [4.69, 9.17) is 0 Å². The maximum Gasteiger partial charge on any atom is 0.269 e. The van der Waals surface area contributed by atoms with E-state index in [1.54, 1.807) is 19.1 Å². The van der Waals surface area contributed by atoms with Crippen LogP contribution in [-0.2, 0) is 6.42 Å². The van der Waals surface area contributed by atoms with Crippen LogP contribution in [0.25, 0.3) is 10.6 Å². The molecule has 1 amide bonds. The van der Waals surface area contributed by atoms with Crippen LogP contribution < -0.4 is 5.32 Å². The summed E-state index contributed by atoms with van der Waals surface area (Å²) in [5.74, 6) is -0.546. The highest BCUT2D eigenvalue weighted by atomic mass is 32.1. The van der Waals surface area contributed by atoms with Crippen LogP contribution in [0.15, 0.2) is 24.3 Å². The molecule has 1 aromatic carbocycles. The first-order chi connectivity index (χ1) is 12.6. The fraction of sp³-hybridized carbons (Fsp3) is 0.333. The van der Waals surface area contributed by atoms with Crippen molar-refractivity contribution >= 4 is 33.7 Å². The fourth-order valence-electron chi connectivity index (χ4n) is 2.41. The maximum absolute atomic E-state index is 13.1. The number of nitrogens with one attached hydrogen (secondary N) is 1. The highest BCUT2D eigenvalue weighted by Crippen LogP contribution is 2.29. The van der Waals surface area contributed by atoms with E-state index in [2.05, 4.69) is 27.4 Å². The van der Waals surface area contributed by atoms with Crippen LogP contribution in [0.3, 0.4) is 0 Å². The van der Waals surface area contributed by atoms with Crippen molar-refractivity contribution in [3.05, 3.63) is 45.7 Å². The molecule has 0 spiro atoms. The number of benzene rings is 1. The summed E-state index contributed by atoms with van der Waals surface area (Å²) in [7, 11) is 0. The number of carbonyl (C=O) groups is 1. The third kappa shape index (κ3) is 4.50. The molecule has 0 fully saturated rings. The minimum absolute atomic E-state index is 0.246. The topological polar surface area (TPSA) is 67.8 Å². The third-order valence-corrected chi connectivity index (χ3v) is 5.88. The zero-order valence-corrected chi connectivity index (χ0v) is 16.2. The highest BCUT2D eigenvalue weighted by molar-refractivity contribution is 7.17. The summed E-state index contributed by atoms with van der Waals surface area (Å²) in [5.41, 5.74) is 1.42. The number of halogens is 1. The van der Waals surface area contributed by atoms with Crippen LogP contribution in [0.5, 0.6) is 0 Å². The fourth-order valence-corrected chi connectivity index (χ4v) is 4.15. The van der Waals surface area contributed by atoms with E-state index in [0.717, 1.165) is 36.3 Å². The van der Waals surface area contributed by atoms with Crippen molar-refractivity contribution in [3.63, 3.8) is 0 Å². The number of rotatable bonds is 7. The van der Waals surface area contributed by atoms with Gasteiger partial charge in [0.05, 0.1) is 5.69 Å². The maximum atomic E-state index is 13.1. The summed E-state index contributed by atoms with van der Waals surface area (Å²) in [4.78, 5) is 17.5. The molecule has 8 heteroatoms. The molecule has 2 aromatic heterocycles. The van der Waals surface area contributed by atoms with Gasteiger partial charge in [0, 0.05) is 12.0 Å². The quantitative estimate of drug-likeness (QED) is 0.570. The number of carbonyl (C=O) groups excluding carboxylic acids is 1. The van der Waals surface area contributed by atoms with Gasteiger partial charge in [0.1, 0.15) is 20.7 Å². The lowest BCUT2D eigenvalue weighted by Crippen LogP contribution is -2.11. The molecular weight excluding hydrogens is 371 g/mol. The number of unbranched alkanes of at least 4 members (excludes halogenated alkanes) is 2. The van der Waals surface area contributed by atoms with Crippen molar-refractivity contribution in [2.24, 2.45) is 0 Å². The van der Waals surface area contributed by atoms with E-state index >= 15 is 0 Å². The van der Waals surface area contributed by atoms with E-state index in [1.165, 1.54) is 34.8 Å². The number of aromatic nitrogens is 3. The molecule has 3 aromatic rings. The minimum atomic E-state index is -0.300. The van der Waals surface area contributed by atoms with Crippen LogP contribution in [0.2, 0.25) is 0 Å². The number of hydrogen-bond acceptors (Lipinski definition) is 6. The van der Waals surface area contributed by atoms with Crippen molar-refractivity contribution in [2.45, 2.75) is 39.5 Å². The SMILES string of the molecule is CCCCCc1nnc(NC(=O)c2sc(-c3ccc(F)cc3)nc2C)s1. The van der Waals surface area contributed by atoms with Gasteiger partial charge in [-0.3, -0.25) is 10.1 Å². The normalized spacial score (nSPS) is 10.9. The van der Waals surface area contributed by atoms with Gasteiger partial charge in [-0.05, 0) is 37.6 Å². The van der Waals surface area contributed by atoms with Gasteiger partial charge in [-0.15, -0.1) is 21.5 Å². The second-order valence-electron chi connectivity index (χ2n) is 5.85. The Labute approximate surface area is 159 Å². The highest BCUT2D eigenvalue weighted by Gasteiger charge is 2.18. The van der Waals surface area contributed by atoms with E-state index < -0.39 is 0 Å². The molecule has 0 bridgehead atoms. The van der Waals surface area contributed by atoms with Gasteiger partial charge < -0.3 is 0 Å². The number of thiazole rings is 1. The molecule has 1 N–H and O–H groups in total. The van der Waals surface area contributed by atoms with Crippen molar-refractivity contribution in [1.29, 1.82) is 0 Å². The van der Waals surface area contributed by atoms with Gasteiger partial charge in [-0.25, -0.2) is 9.37 Å². The first-order valence-electron chi connectivity index (χ1n) is 8.44. The molecule has 0 aliphatic heterocycles. The van der Waals surface area contributed by atoms with Gasteiger partial charge in [0.2, 0.25) is 5.13 Å². The summed E-state index contributed by atoms with van der Waals surface area (Å²) < 4.78 is 13.1. The molecule has 5 nitrogen and oxygen atoms in total. The average molecular weight is 391 g/mol. The molecule has 26 heavy (non-hydrogen) atoms. The summed E-state index contributed by atoms with van der Waals surface area (Å²) in [5, 5.41) is 13.1. The summed E-state index contributed by atoms with van der Waals surface area (Å²) in [6.45, 7) is 3.94. The summed E-state index contributed by atoms with van der Waals surface area (Å²) in [6.07, 6.45) is 4.28. The second-order valence-corrected chi connectivity index (χ2v) is 7.91. The van der Waals surface area contributed by atoms with Crippen LogP contribution >= 0.6 is 22.7 Å². The molecule has 0 atom stereocenters. The number of anilines is 1. The number of amides is 1. The van der Waals surface area contributed by atoms with Gasteiger partial charge in [0.15, 0.2) is 0 Å². The van der Waals surface area contributed by atoms with Gasteiger partial charge in [0.25, 0.3) is 5.91 Å². The van der Waals surface area contributed by atoms with E-state index in [9.17, 15) is 9.18 Å². The Morgan fingerprint density at radius 1 is 1.15 bits per heavy atom. The van der Waals surface area contributed by atoms with Gasteiger partial charge in [-0.1, -0.05) is 31.1 Å². The lowest BCUT2D eigenvalue weighted by Gasteiger charge is -1.98. The predicted molar refractivity (Wildman–Crippen MR) is 103 cm³/mol. The van der Waals surface area contributed by atoms with Gasteiger partial charge >= 0.3 is 0 Å². The van der Waals surface area contributed by atoms with E-state index in [1.807, 2.05) is 0 Å². The third-order valence-electron chi connectivity index (χ3n) is 3.78. The molecule has 0 radical (unpaired) electrons. The Morgan fingerprint density at radius 3 is 2.65 bits per heavy atom. The van der Waals surface area contributed by atoms with Crippen LogP contribution in [0.4, 0.5) is 9.52 Å². The molecule has 0 saturated carbocycles. The number of hydrogen-bond donors (Lipinski definition) is 1. The second kappa shape index (κ2) is 8.46. The predicted octanol–water partition coefficient (Wildman–Crippen LogP) is 5.09. The van der Waals surface area contributed by atoms with Crippen LogP contribution in [-0.4, -0.2) is 21.1 Å². The van der Waals surface area contributed by atoms with Crippen molar-refractivity contribution in [1.82, 2.24) is 15.2 Å². The molecule has 0 saturated heterocycles. The first kappa shape index (κ1) is 18.6. The molecule has 3 rings (SSSR count). The summed E-state index contributed by atoms with van der Waals surface area (Å²) >= 11 is 2.69. The Hall–Kier alpha value is -2.19. The molecule has 0 unspecified atom stereocenters. The summed E-state index contributed by atoms with van der Waals surface area (Å²) in [6, 6.07) is 6.07. The zero-order chi connectivity index (χ0) is 18.5. The number of nitrogens with zero attached hydrogens (tertiary/aromatic N) is 3. The Balaban J connectivity index is 1.69.